The Morgan fingerprint density at radius 2 is 2.16 bits per heavy atom. The lowest BCUT2D eigenvalue weighted by molar-refractivity contribution is -0.174. The monoisotopic (exact) mass is 260 g/mol. The third kappa shape index (κ3) is 2.19. The van der Waals surface area contributed by atoms with Crippen molar-refractivity contribution in [3.05, 3.63) is 30.1 Å². The lowest BCUT2D eigenvalue weighted by atomic mass is 9.51. The van der Waals surface area contributed by atoms with Crippen molar-refractivity contribution < 1.29 is 4.74 Å². The van der Waals surface area contributed by atoms with Crippen molar-refractivity contribution in [2.75, 3.05) is 6.61 Å². The fourth-order valence-corrected chi connectivity index (χ4v) is 3.72. The quantitative estimate of drug-likeness (QED) is 0.883. The molecule has 2 aliphatic carbocycles. The van der Waals surface area contributed by atoms with Gasteiger partial charge in [0.2, 0.25) is 0 Å². The van der Waals surface area contributed by atoms with E-state index in [0.29, 0.717) is 23.6 Å². The van der Waals surface area contributed by atoms with E-state index < -0.39 is 0 Å². The van der Waals surface area contributed by atoms with E-state index in [1.165, 1.54) is 31.2 Å². The number of aromatic nitrogens is 1. The number of hydrogen-bond acceptors (Lipinski definition) is 3. The van der Waals surface area contributed by atoms with Crippen LogP contribution in [-0.4, -0.2) is 23.7 Å². The number of rotatable bonds is 5. The van der Waals surface area contributed by atoms with Crippen LogP contribution in [0.5, 0.6) is 0 Å². The van der Waals surface area contributed by atoms with Crippen LogP contribution in [0.3, 0.4) is 0 Å². The van der Waals surface area contributed by atoms with Crippen LogP contribution in [0, 0.1) is 5.41 Å². The van der Waals surface area contributed by atoms with E-state index in [9.17, 15) is 0 Å². The largest absolute Gasteiger partial charge is 0.378 e. The minimum atomic E-state index is 0.396. The molecule has 3 heteroatoms. The third-order valence-corrected chi connectivity index (χ3v) is 5.09. The van der Waals surface area contributed by atoms with Crippen molar-refractivity contribution >= 4 is 0 Å². The van der Waals surface area contributed by atoms with Crippen molar-refractivity contribution in [1.29, 1.82) is 0 Å². The van der Waals surface area contributed by atoms with E-state index in [0.717, 1.165) is 6.61 Å². The van der Waals surface area contributed by atoms with E-state index in [-0.39, 0.29) is 0 Å². The molecule has 2 unspecified atom stereocenters. The SMILES string of the molecule is CCOC1CC(N[C@@H](C)c2ccncc2)C12CCC2. The van der Waals surface area contributed by atoms with E-state index >= 15 is 0 Å². The van der Waals surface area contributed by atoms with Gasteiger partial charge in [0.1, 0.15) is 0 Å². The number of pyridine rings is 1. The number of ether oxygens (including phenoxy) is 1. The molecule has 2 fully saturated rings. The summed E-state index contributed by atoms with van der Waals surface area (Å²) in [5.41, 5.74) is 1.77. The van der Waals surface area contributed by atoms with Gasteiger partial charge in [0.25, 0.3) is 0 Å². The normalized spacial score (nSPS) is 29.6. The standard InChI is InChI=1S/C16H24N2O/c1-3-19-15-11-14(16(15)7-4-8-16)18-12(2)13-5-9-17-10-6-13/h5-6,9-10,12,14-15,18H,3-4,7-8,11H2,1-2H3/t12-,14?,15?/m0/s1. The fraction of sp³-hybridized carbons (Fsp3) is 0.688. The second-order valence-corrected chi connectivity index (χ2v) is 5.99. The molecule has 0 aromatic carbocycles. The molecule has 1 spiro atoms. The zero-order valence-corrected chi connectivity index (χ0v) is 11.9. The van der Waals surface area contributed by atoms with Crippen LogP contribution in [-0.2, 0) is 4.74 Å². The highest BCUT2D eigenvalue weighted by atomic mass is 16.5. The van der Waals surface area contributed by atoms with Crippen molar-refractivity contribution in [1.82, 2.24) is 10.3 Å². The summed E-state index contributed by atoms with van der Waals surface area (Å²) < 4.78 is 5.90. The zero-order chi connectivity index (χ0) is 13.3. The predicted molar refractivity (Wildman–Crippen MR) is 75.9 cm³/mol. The summed E-state index contributed by atoms with van der Waals surface area (Å²) in [6.07, 6.45) is 9.44. The zero-order valence-electron chi connectivity index (χ0n) is 11.9. The molecular weight excluding hydrogens is 236 g/mol. The topological polar surface area (TPSA) is 34.1 Å². The van der Waals surface area contributed by atoms with Crippen LogP contribution in [0.4, 0.5) is 0 Å². The maximum Gasteiger partial charge on any atom is 0.0661 e. The summed E-state index contributed by atoms with van der Waals surface area (Å²) in [6.45, 7) is 5.20. The molecule has 2 aliphatic rings. The second kappa shape index (κ2) is 5.22. The van der Waals surface area contributed by atoms with Crippen LogP contribution in [0.1, 0.15) is 51.1 Å². The molecule has 1 N–H and O–H groups in total. The first-order chi connectivity index (χ1) is 9.26. The smallest absolute Gasteiger partial charge is 0.0661 e. The molecule has 1 heterocycles. The minimum Gasteiger partial charge on any atom is -0.378 e. The Kier molecular flexibility index (Phi) is 3.59. The van der Waals surface area contributed by atoms with E-state index in [2.05, 4.69) is 36.3 Å². The summed E-state index contributed by atoms with van der Waals surface area (Å²) in [7, 11) is 0. The Hall–Kier alpha value is -0.930. The Labute approximate surface area is 115 Å². The first-order valence-corrected chi connectivity index (χ1v) is 7.54. The number of nitrogens with one attached hydrogen (secondary N) is 1. The van der Waals surface area contributed by atoms with Crippen LogP contribution < -0.4 is 5.32 Å². The lowest BCUT2D eigenvalue weighted by Crippen LogP contribution is -2.67. The molecule has 0 aliphatic heterocycles. The van der Waals surface area contributed by atoms with Gasteiger partial charge in [-0.2, -0.15) is 0 Å². The highest BCUT2D eigenvalue weighted by molar-refractivity contribution is 5.18. The highest BCUT2D eigenvalue weighted by Crippen LogP contribution is 2.57. The Balaban J connectivity index is 1.62. The van der Waals surface area contributed by atoms with Gasteiger partial charge in [0, 0.05) is 36.5 Å². The van der Waals surface area contributed by atoms with Crippen molar-refractivity contribution in [2.24, 2.45) is 5.41 Å². The number of nitrogens with zero attached hydrogens (tertiary/aromatic N) is 1. The molecule has 2 saturated carbocycles. The van der Waals surface area contributed by atoms with Crippen molar-refractivity contribution in [2.45, 2.75) is 57.7 Å². The minimum absolute atomic E-state index is 0.396. The van der Waals surface area contributed by atoms with E-state index in [1.54, 1.807) is 0 Å². The summed E-state index contributed by atoms with van der Waals surface area (Å²) in [5.74, 6) is 0. The summed E-state index contributed by atoms with van der Waals surface area (Å²) in [6, 6.07) is 5.22. The average molecular weight is 260 g/mol. The molecule has 104 valence electrons. The molecule has 1 aromatic heterocycles. The second-order valence-electron chi connectivity index (χ2n) is 5.99. The van der Waals surface area contributed by atoms with Gasteiger partial charge in [0.05, 0.1) is 6.10 Å². The highest BCUT2D eigenvalue weighted by Gasteiger charge is 2.58. The van der Waals surface area contributed by atoms with Crippen molar-refractivity contribution in [3.63, 3.8) is 0 Å². The van der Waals surface area contributed by atoms with Gasteiger partial charge in [-0.15, -0.1) is 0 Å². The van der Waals surface area contributed by atoms with Gasteiger partial charge in [-0.1, -0.05) is 6.42 Å². The van der Waals surface area contributed by atoms with Gasteiger partial charge in [0.15, 0.2) is 0 Å². The average Bonchev–Trinajstić information content (AvgIpc) is 2.36. The van der Waals surface area contributed by atoms with Crippen LogP contribution in [0.15, 0.2) is 24.5 Å². The van der Waals surface area contributed by atoms with Gasteiger partial charge >= 0.3 is 0 Å². The molecule has 0 amide bonds. The van der Waals surface area contributed by atoms with Gasteiger partial charge in [-0.25, -0.2) is 0 Å². The summed E-state index contributed by atoms with van der Waals surface area (Å²) >= 11 is 0. The molecule has 3 atom stereocenters. The molecule has 3 rings (SSSR count). The molecule has 19 heavy (non-hydrogen) atoms. The van der Waals surface area contributed by atoms with Gasteiger partial charge < -0.3 is 10.1 Å². The molecule has 0 bridgehead atoms. The van der Waals surface area contributed by atoms with E-state index in [1.807, 2.05) is 12.4 Å². The molecule has 0 saturated heterocycles. The first kappa shape index (κ1) is 13.1. The molecule has 1 aromatic rings. The number of hydrogen-bond donors (Lipinski definition) is 1. The van der Waals surface area contributed by atoms with Crippen LogP contribution in [0.2, 0.25) is 0 Å². The fourth-order valence-electron chi connectivity index (χ4n) is 3.72. The van der Waals surface area contributed by atoms with Crippen LogP contribution >= 0.6 is 0 Å². The van der Waals surface area contributed by atoms with Crippen LogP contribution in [0.25, 0.3) is 0 Å². The molecule has 0 radical (unpaired) electrons. The van der Waals surface area contributed by atoms with Gasteiger partial charge in [-0.05, 0) is 50.8 Å². The Morgan fingerprint density at radius 1 is 1.42 bits per heavy atom. The molecule has 3 nitrogen and oxygen atoms in total. The maximum absolute atomic E-state index is 5.90. The lowest BCUT2D eigenvalue weighted by Gasteiger charge is -2.61. The molecular formula is C16H24N2O. The van der Waals surface area contributed by atoms with Crippen molar-refractivity contribution in [3.8, 4) is 0 Å². The summed E-state index contributed by atoms with van der Waals surface area (Å²) in [4.78, 5) is 4.09. The van der Waals surface area contributed by atoms with E-state index in [4.69, 9.17) is 4.74 Å². The third-order valence-electron chi connectivity index (χ3n) is 5.09. The Morgan fingerprint density at radius 3 is 2.74 bits per heavy atom. The first-order valence-electron chi connectivity index (χ1n) is 7.54. The Bertz CT molecular complexity index is 416. The maximum atomic E-state index is 5.90. The predicted octanol–water partition coefficient (Wildman–Crippen LogP) is 3.08. The van der Waals surface area contributed by atoms with Gasteiger partial charge in [-0.3, -0.25) is 4.98 Å². The summed E-state index contributed by atoms with van der Waals surface area (Å²) in [5, 5.41) is 3.81.